The summed E-state index contributed by atoms with van der Waals surface area (Å²) >= 11 is 0. The average Bonchev–Trinajstić information content (AvgIpc) is 2.40. The molecule has 1 aliphatic heterocycles. The van der Waals surface area contributed by atoms with Crippen LogP contribution >= 0.6 is 0 Å². The van der Waals surface area contributed by atoms with E-state index in [1.807, 2.05) is 30.3 Å². The molecule has 0 radical (unpaired) electrons. The lowest BCUT2D eigenvalue weighted by molar-refractivity contribution is -0.132. The first-order chi connectivity index (χ1) is 8.66. The predicted octanol–water partition coefficient (Wildman–Crippen LogP) is 1.88. The number of nitrogens with one attached hydrogen (secondary N) is 1. The number of benzene rings is 1. The van der Waals surface area contributed by atoms with Crippen LogP contribution in [0.4, 0.5) is 5.69 Å². The average molecular weight is 246 g/mol. The van der Waals surface area contributed by atoms with Crippen LogP contribution in [0.2, 0.25) is 0 Å². The zero-order valence-corrected chi connectivity index (χ0v) is 10.6. The van der Waals surface area contributed by atoms with Gasteiger partial charge in [-0.25, -0.2) is 0 Å². The molecule has 96 valence electrons. The summed E-state index contributed by atoms with van der Waals surface area (Å²) in [6.07, 6.45) is 1.74. The van der Waals surface area contributed by atoms with Gasteiger partial charge in [0, 0.05) is 25.7 Å². The summed E-state index contributed by atoms with van der Waals surface area (Å²) in [6.45, 7) is 2.86. The van der Waals surface area contributed by atoms with Crippen molar-refractivity contribution >= 4 is 17.5 Å². The summed E-state index contributed by atoms with van der Waals surface area (Å²) in [7, 11) is 0. The Morgan fingerprint density at radius 1 is 1.28 bits per heavy atom. The predicted molar refractivity (Wildman–Crippen MR) is 70.0 cm³/mol. The van der Waals surface area contributed by atoms with Crippen molar-refractivity contribution in [2.24, 2.45) is 5.92 Å². The molecule has 1 saturated heterocycles. The molecular formula is C14H18N2O2. The third kappa shape index (κ3) is 3.09. The van der Waals surface area contributed by atoms with E-state index < -0.39 is 0 Å². The van der Waals surface area contributed by atoms with Gasteiger partial charge < -0.3 is 10.2 Å². The standard InChI is InChI=1S/C14H18N2O2/c1-11(17)16-9-5-6-12(10-16)14(18)15-13-7-3-2-4-8-13/h2-4,7-8,12H,5-6,9-10H2,1H3,(H,15,18)/t12-/m1/s1. The number of carbonyl (C=O) groups is 2. The van der Waals surface area contributed by atoms with E-state index in [9.17, 15) is 9.59 Å². The van der Waals surface area contributed by atoms with Gasteiger partial charge in [0.2, 0.25) is 11.8 Å². The van der Waals surface area contributed by atoms with Gasteiger partial charge >= 0.3 is 0 Å². The molecule has 1 heterocycles. The Kier molecular flexibility index (Phi) is 3.97. The van der Waals surface area contributed by atoms with Crippen LogP contribution in [0, 0.1) is 5.92 Å². The number of nitrogens with zero attached hydrogens (tertiary/aromatic N) is 1. The van der Waals surface area contributed by atoms with Crippen LogP contribution in [0.3, 0.4) is 0 Å². The molecule has 1 aromatic rings. The van der Waals surface area contributed by atoms with E-state index in [0.717, 1.165) is 25.1 Å². The zero-order valence-electron chi connectivity index (χ0n) is 10.6. The number of piperidine rings is 1. The molecule has 2 amide bonds. The van der Waals surface area contributed by atoms with Crippen molar-refractivity contribution in [3.05, 3.63) is 30.3 Å². The molecule has 18 heavy (non-hydrogen) atoms. The van der Waals surface area contributed by atoms with Crippen LogP contribution in [0.25, 0.3) is 0 Å². The normalized spacial score (nSPS) is 19.4. The summed E-state index contributed by atoms with van der Waals surface area (Å²) < 4.78 is 0. The van der Waals surface area contributed by atoms with Gasteiger partial charge in [0.25, 0.3) is 0 Å². The number of likely N-dealkylation sites (tertiary alicyclic amines) is 1. The quantitative estimate of drug-likeness (QED) is 0.866. The molecular weight excluding hydrogens is 228 g/mol. The van der Waals surface area contributed by atoms with Crippen molar-refractivity contribution in [2.75, 3.05) is 18.4 Å². The minimum Gasteiger partial charge on any atom is -0.342 e. The maximum absolute atomic E-state index is 12.1. The monoisotopic (exact) mass is 246 g/mol. The first kappa shape index (κ1) is 12.6. The highest BCUT2D eigenvalue weighted by Crippen LogP contribution is 2.18. The van der Waals surface area contributed by atoms with Crippen molar-refractivity contribution in [3.63, 3.8) is 0 Å². The molecule has 0 aromatic heterocycles. The molecule has 0 unspecified atom stereocenters. The largest absolute Gasteiger partial charge is 0.342 e. The van der Waals surface area contributed by atoms with E-state index >= 15 is 0 Å². The second-order valence-corrected chi connectivity index (χ2v) is 4.66. The molecule has 1 N–H and O–H groups in total. The Labute approximate surface area is 107 Å². The number of amides is 2. The Hall–Kier alpha value is -1.84. The smallest absolute Gasteiger partial charge is 0.229 e. The van der Waals surface area contributed by atoms with Crippen molar-refractivity contribution in [2.45, 2.75) is 19.8 Å². The molecule has 0 aliphatic carbocycles. The van der Waals surface area contributed by atoms with Crippen LogP contribution in [-0.4, -0.2) is 29.8 Å². The molecule has 0 bridgehead atoms. The van der Waals surface area contributed by atoms with E-state index in [1.54, 1.807) is 11.8 Å². The molecule has 1 fully saturated rings. The molecule has 0 saturated carbocycles. The van der Waals surface area contributed by atoms with Crippen molar-refractivity contribution in [3.8, 4) is 0 Å². The molecule has 1 aromatic carbocycles. The second-order valence-electron chi connectivity index (χ2n) is 4.66. The SMILES string of the molecule is CC(=O)N1CCC[C@@H](C(=O)Nc2ccccc2)C1. The topological polar surface area (TPSA) is 49.4 Å². The van der Waals surface area contributed by atoms with Crippen LogP contribution in [0.15, 0.2) is 30.3 Å². The third-order valence-electron chi connectivity index (χ3n) is 3.28. The summed E-state index contributed by atoms with van der Waals surface area (Å²) in [5.41, 5.74) is 0.808. The van der Waals surface area contributed by atoms with E-state index in [-0.39, 0.29) is 17.7 Å². The minimum absolute atomic E-state index is 0.00662. The number of para-hydroxylation sites is 1. The van der Waals surface area contributed by atoms with Crippen LogP contribution in [-0.2, 0) is 9.59 Å². The van der Waals surface area contributed by atoms with Crippen molar-refractivity contribution in [1.29, 1.82) is 0 Å². The fourth-order valence-electron chi connectivity index (χ4n) is 2.24. The van der Waals surface area contributed by atoms with Gasteiger partial charge in [0.15, 0.2) is 0 Å². The fourth-order valence-corrected chi connectivity index (χ4v) is 2.24. The van der Waals surface area contributed by atoms with Gasteiger partial charge in [0.1, 0.15) is 0 Å². The highest BCUT2D eigenvalue weighted by atomic mass is 16.2. The van der Waals surface area contributed by atoms with Gasteiger partial charge in [-0.2, -0.15) is 0 Å². The summed E-state index contributed by atoms with van der Waals surface area (Å²) in [6, 6.07) is 9.41. The Balaban J connectivity index is 1.95. The number of hydrogen-bond donors (Lipinski definition) is 1. The molecule has 4 heteroatoms. The Morgan fingerprint density at radius 2 is 2.00 bits per heavy atom. The second kappa shape index (κ2) is 5.67. The minimum atomic E-state index is -0.0946. The van der Waals surface area contributed by atoms with Crippen LogP contribution in [0.5, 0.6) is 0 Å². The van der Waals surface area contributed by atoms with Gasteiger partial charge in [-0.05, 0) is 25.0 Å². The fraction of sp³-hybridized carbons (Fsp3) is 0.429. The summed E-state index contributed by atoms with van der Waals surface area (Å²) in [4.78, 5) is 25.2. The number of anilines is 1. The lowest BCUT2D eigenvalue weighted by Crippen LogP contribution is -2.42. The lowest BCUT2D eigenvalue weighted by Gasteiger charge is -2.31. The van der Waals surface area contributed by atoms with E-state index in [4.69, 9.17) is 0 Å². The first-order valence-corrected chi connectivity index (χ1v) is 6.28. The van der Waals surface area contributed by atoms with Gasteiger partial charge in [-0.3, -0.25) is 9.59 Å². The molecule has 2 rings (SSSR count). The lowest BCUT2D eigenvalue weighted by atomic mass is 9.97. The van der Waals surface area contributed by atoms with Crippen LogP contribution in [0.1, 0.15) is 19.8 Å². The molecule has 1 atom stereocenters. The van der Waals surface area contributed by atoms with Crippen molar-refractivity contribution < 1.29 is 9.59 Å². The number of hydrogen-bond acceptors (Lipinski definition) is 2. The summed E-state index contributed by atoms with van der Waals surface area (Å²) in [5, 5.41) is 2.89. The van der Waals surface area contributed by atoms with E-state index in [1.165, 1.54) is 0 Å². The van der Waals surface area contributed by atoms with E-state index in [2.05, 4.69) is 5.32 Å². The van der Waals surface area contributed by atoms with Gasteiger partial charge in [-0.1, -0.05) is 18.2 Å². The Bertz CT molecular complexity index is 431. The maximum Gasteiger partial charge on any atom is 0.229 e. The molecule has 0 spiro atoms. The first-order valence-electron chi connectivity index (χ1n) is 6.28. The van der Waals surface area contributed by atoms with Crippen LogP contribution < -0.4 is 5.32 Å². The molecule has 4 nitrogen and oxygen atoms in total. The highest BCUT2D eigenvalue weighted by molar-refractivity contribution is 5.93. The molecule has 1 aliphatic rings. The summed E-state index contributed by atoms with van der Waals surface area (Å²) in [5.74, 6) is -0.0396. The Morgan fingerprint density at radius 3 is 2.67 bits per heavy atom. The third-order valence-corrected chi connectivity index (χ3v) is 3.28. The van der Waals surface area contributed by atoms with Crippen molar-refractivity contribution in [1.82, 2.24) is 4.90 Å². The number of carbonyl (C=O) groups excluding carboxylic acids is 2. The highest BCUT2D eigenvalue weighted by Gasteiger charge is 2.26. The zero-order chi connectivity index (χ0) is 13.0. The van der Waals surface area contributed by atoms with E-state index in [0.29, 0.717) is 6.54 Å². The van der Waals surface area contributed by atoms with Gasteiger partial charge in [-0.15, -0.1) is 0 Å². The number of rotatable bonds is 2. The maximum atomic E-state index is 12.1. The van der Waals surface area contributed by atoms with Gasteiger partial charge in [0.05, 0.1) is 5.92 Å².